The summed E-state index contributed by atoms with van der Waals surface area (Å²) in [6.45, 7) is 0. The number of hydrogen-bond acceptors (Lipinski definition) is 2. The maximum atomic E-state index is 13.4. The molecule has 2 aromatic carbocycles. The highest BCUT2D eigenvalue weighted by Crippen LogP contribution is 2.39. The lowest BCUT2D eigenvalue weighted by atomic mass is 9.95. The fraction of sp³-hybridized carbons (Fsp3) is 0.0526. The molecule has 0 saturated carbocycles. The lowest BCUT2D eigenvalue weighted by Crippen LogP contribution is -2.09. The molecule has 0 saturated heterocycles. The van der Waals surface area contributed by atoms with Crippen LogP contribution in [0.15, 0.2) is 65.6 Å². The van der Waals surface area contributed by atoms with E-state index in [-0.39, 0.29) is 16.8 Å². The summed E-state index contributed by atoms with van der Waals surface area (Å²) in [7, 11) is 0. The Morgan fingerprint density at radius 1 is 0.840 bits per heavy atom. The van der Waals surface area contributed by atoms with Crippen LogP contribution < -0.4 is 5.56 Å². The molecule has 0 aliphatic heterocycles. The second-order valence-electron chi connectivity index (χ2n) is 5.63. The van der Waals surface area contributed by atoms with E-state index in [0.29, 0.717) is 21.7 Å². The molecule has 4 aromatic rings. The Morgan fingerprint density at radius 3 is 2.28 bits per heavy atom. The van der Waals surface area contributed by atoms with Gasteiger partial charge in [-0.1, -0.05) is 36.4 Å². The zero-order valence-corrected chi connectivity index (χ0v) is 12.8. The lowest BCUT2D eigenvalue weighted by molar-refractivity contribution is -0.137. The Balaban J connectivity index is 2.19. The van der Waals surface area contributed by atoms with E-state index in [1.807, 2.05) is 0 Å². The van der Waals surface area contributed by atoms with Gasteiger partial charge in [-0.25, -0.2) is 4.98 Å². The quantitative estimate of drug-likeness (QED) is 0.508. The molecule has 0 bridgehead atoms. The third kappa shape index (κ3) is 2.46. The Hall–Kier alpha value is -3.15. The molecule has 0 radical (unpaired) electrons. The van der Waals surface area contributed by atoms with Crippen LogP contribution in [0.2, 0.25) is 0 Å². The lowest BCUT2D eigenvalue weighted by Gasteiger charge is -2.15. The molecule has 4 rings (SSSR count). The second kappa shape index (κ2) is 5.44. The smallest absolute Gasteiger partial charge is 0.306 e. The molecule has 1 N–H and O–H groups in total. The Morgan fingerprint density at radius 2 is 1.52 bits per heavy atom. The highest BCUT2D eigenvalue weighted by Gasteiger charge is 2.33. The number of halogens is 3. The zero-order valence-electron chi connectivity index (χ0n) is 12.8. The molecule has 2 heterocycles. The van der Waals surface area contributed by atoms with E-state index in [2.05, 4.69) is 9.97 Å². The molecule has 0 unspecified atom stereocenters. The fourth-order valence-electron chi connectivity index (χ4n) is 3.09. The van der Waals surface area contributed by atoms with Crippen molar-refractivity contribution < 1.29 is 13.2 Å². The first-order valence-electron chi connectivity index (χ1n) is 7.53. The number of benzene rings is 2. The first-order chi connectivity index (χ1) is 12.0. The molecule has 0 atom stereocenters. The molecule has 0 fully saturated rings. The predicted molar refractivity (Wildman–Crippen MR) is 90.3 cm³/mol. The number of pyridine rings is 2. The zero-order chi connectivity index (χ0) is 17.6. The molecule has 6 heteroatoms. The van der Waals surface area contributed by atoms with Crippen molar-refractivity contribution >= 4 is 21.8 Å². The van der Waals surface area contributed by atoms with E-state index in [9.17, 15) is 18.0 Å². The summed E-state index contributed by atoms with van der Waals surface area (Å²) in [6.07, 6.45) is -3.08. The third-order valence-corrected chi connectivity index (χ3v) is 4.15. The van der Waals surface area contributed by atoms with Crippen LogP contribution in [0, 0.1) is 0 Å². The van der Waals surface area contributed by atoms with Crippen LogP contribution in [0.5, 0.6) is 0 Å². The summed E-state index contributed by atoms with van der Waals surface area (Å²) in [6, 6.07) is 13.7. The van der Waals surface area contributed by atoms with Crippen molar-refractivity contribution in [3.63, 3.8) is 0 Å². The van der Waals surface area contributed by atoms with Crippen LogP contribution in [-0.4, -0.2) is 9.97 Å². The minimum absolute atomic E-state index is 0.0552. The molecule has 0 aliphatic rings. The number of alkyl halides is 3. The van der Waals surface area contributed by atoms with Crippen molar-refractivity contribution in [1.29, 1.82) is 0 Å². The van der Waals surface area contributed by atoms with E-state index in [1.54, 1.807) is 30.3 Å². The molecule has 25 heavy (non-hydrogen) atoms. The summed E-state index contributed by atoms with van der Waals surface area (Å²) in [4.78, 5) is 19.0. The second-order valence-corrected chi connectivity index (χ2v) is 5.63. The fourth-order valence-corrected chi connectivity index (χ4v) is 3.09. The number of rotatable bonds is 1. The molecular formula is C19H11F3N2O. The summed E-state index contributed by atoms with van der Waals surface area (Å²) in [5, 5.41) is 1.48. The topological polar surface area (TPSA) is 45.8 Å². The number of nitrogens with zero attached hydrogens (tertiary/aromatic N) is 1. The van der Waals surface area contributed by atoms with E-state index in [0.717, 1.165) is 6.07 Å². The van der Waals surface area contributed by atoms with Gasteiger partial charge in [-0.15, -0.1) is 0 Å². The van der Waals surface area contributed by atoms with Crippen molar-refractivity contribution in [3.05, 3.63) is 76.7 Å². The van der Waals surface area contributed by atoms with Crippen molar-refractivity contribution in [3.8, 4) is 11.1 Å². The largest absolute Gasteiger partial charge is 0.417 e. The van der Waals surface area contributed by atoms with Gasteiger partial charge in [-0.2, -0.15) is 13.2 Å². The Bertz CT molecular complexity index is 1160. The summed E-state index contributed by atoms with van der Waals surface area (Å²) in [5.41, 5.74) is -0.349. The average Bonchev–Trinajstić information content (AvgIpc) is 2.61. The number of aromatic amines is 1. The van der Waals surface area contributed by atoms with Gasteiger partial charge in [0.25, 0.3) is 5.56 Å². The van der Waals surface area contributed by atoms with E-state index < -0.39 is 11.7 Å². The van der Waals surface area contributed by atoms with Gasteiger partial charge in [-0.05, 0) is 34.7 Å². The van der Waals surface area contributed by atoms with Crippen LogP contribution in [0.25, 0.3) is 32.9 Å². The SMILES string of the molecule is O=c1[nH]c2nccc(-c3ccccc3C(F)(F)F)c2c2ccccc12. The predicted octanol–water partition coefficient (Wildman–Crippen LogP) is 4.76. The molecule has 0 amide bonds. The molecule has 0 spiro atoms. The number of aromatic nitrogens is 2. The first-order valence-corrected chi connectivity index (χ1v) is 7.53. The van der Waals surface area contributed by atoms with E-state index in [1.165, 1.54) is 24.4 Å². The maximum absolute atomic E-state index is 13.4. The summed E-state index contributed by atoms with van der Waals surface area (Å²) >= 11 is 0. The average molecular weight is 340 g/mol. The highest BCUT2D eigenvalue weighted by molar-refractivity contribution is 6.11. The molecule has 124 valence electrons. The van der Waals surface area contributed by atoms with Gasteiger partial charge >= 0.3 is 6.18 Å². The molecule has 2 aromatic heterocycles. The number of hydrogen-bond donors (Lipinski definition) is 1. The van der Waals surface area contributed by atoms with E-state index >= 15 is 0 Å². The normalized spacial score (nSPS) is 12.0. The van der Waals surface area contributed by atoms with Gasteiger partial charge < -0.3 is 4.98 Å². The summed E-state index contributed by atoms with van der Waals surface area (Å²) in [5.74, 6) is 0. The molecular weight excluding hydrogens is 329 g/mol. The number of fused-ring (bicyclic) bond motifs is 3. The van der Waals surface area contributed by atoms with Gasteiger partial charge in [0.1, 0.15) is 5.65 Å². The van der Waals surface area contributed by atoms with Crippen LogP contribution >= 0.6 is 0 Å². The monoisotopic (exact) mass is 340 g/mol. The van der Waals surface area contributed by atoms with Gasteiger partial charge in [0.2, 0.25) is 0 Å². The van der Waals surface area contributed by atoms with E-state index in [4.69, 9.17) is 0 Å². The van der Waals surface area contributed by atoms with Crippen molar-refractivity contribution in [2.75, 3.05) is 0 Å². The number of nitrogens with one attached hydrogen (secondary N) is 1. The number of H-pyrrole nitrogens is 1. The van der Waals surface area contributed by atoms with Gasteiger partial charge in [0.15, 0.2) is 0 Å². The highest BCUT2D eigenvalue weighted by atomic mass is 19.4. The standard InChI is InChI=1S/C19H11F3N2O/c20-19(21,22)15-8-4-3-5-11(15)13-9-10-23-17-16(13)12-6-1-2-7-14(12)18(25)24-17/h1-10H,(H,23,24,25). The first kappa shape index (κ1) is 15.4. The van der Waals surface area contributed by atoms with Gasteiger partial charge in [0, 0.05) is 17.0 Å². The summed E-state index contributed by atoms with van der Waals surface area (Å²) < 4.78 is 40.3. The van der Waals surface area contributed by atoms with Gasteiger partial charge in [0.05, 0.1) is 5.56 Å². The van der Waals surface area contributed by atoms with Crippen molar-refractivity contribution in [1.82, 2.24) is 9.97 Å². The minimum atomic E-state index is -4.48. The van der Waals surface area contributed by atoms with Crippen molar-refractivity contribution in [2.45, 2.75) is 6.18 Å². The third-order valence-electron chi connectivity index (χ3n) is 4.15. The minimum Gasteiger partial charge on any atom is -0.306 e. The maximum Gasteiger partial charge on any atom is 0.417 e. The van der Waals surface area contributed by atoms with Crippen LogP contribution in [0.3, 0.4) is 0 Å². The Kier molecular flexibility index (Phi) is 3.35. The van der Waals surface area contributed by atoms with Crippen molar-refractivity contribution in [2.24, 2.45) is 0 Å². The molecule has 0 aliphatic carbocycles. The van der Waals surface area contributed by atoms with Gasteiger partial charge in [-0.3, -0.25) is 4.79 Å². The molecule has 3 nitrogen and oxygen atoms in total. The van der Waals surface area contributed by atoms with Crippen LogP contribution in [-0.2, 0) is 6.18 Å². The Labute approximate surface area is 139 Å². The van der Waals surface area contributed by atoms with Crippen LogP contribution in [0.1, 0.15) is 5.56 Å². The van der Waals surface area contributed by atoms with Crippen LogP contribution in [0.4, 0.5) is 13.2 Å².